The van der Waals surface area contributed by atoms with Gasteiger partial charge in [0.05, 0.1) is 5.69 Å². The summed E-state index contributed by atoms with van der Waals surface area (Å²) in [5, 5.41) is 8.45. The molecule has 2 saturated heterocycles. The maximum absolute atomic E-state index is 13.1. The minimum atomic E-state index is 0. The van der Waals surface area contributed by atoms with Gasteiger partial charge in [0.1, 0.15) is 0 Å². The van der Waals surface area contributed by atoms with Crippen LogP contribution >= 0.6 is 24.8 Å². The van der Waals surface area contributed by atoms with E-state index in [9.17, 15) is 4.79 Å². The van der Waals surface area contributed by atoms with Crippen molar-refractivity contribution in [2.45, 2.75) is 79.1 Å². The molecule has 1 aromatic heterocycles. The van der Waals surface area contributed by atoms with Crippen LogP contribution in [-0.2, 0) is 24.4 Å². The summed E-state index contributed by atoms with van der Waals surface area (Å²) in [4.78, 5) is 17.7. The maximum atomic E-state index is 13.1. The number of aromatic nitrogens is 2. The number of nitrogens with zero attached hydrogens (tertiary/aromatic N) is 4. The van der Waals surface area contributed by atoms with Gasteiger partial charge in [0, 0.05) is 63.0 Å². The van der Waals surface area contributed by atoms with E-state index in [-0.39, 0.29) is 30.7 Å². The molecule has 1 amide bonds. The first-order valence-electron chi connectivity index (χ1n) is 13.3. The van der Waals surface area contributed by atoms with Crippen LogP contribution in [0.3, 0.4) is 0 Å². The Hall–Kier alpha value is -1.60. The van der Waals surface area contributed by atoms with E-state index < -0.39 is 0 Å². The van der Waals surface area contributed by atoms with Gasteiger partial charge in [0.15, 0.2) is 0 Å². The van der Waals surface area contributed by atoms with Crippen LogP contribution in [0, 0.1) is 25.7 Å². The molecular formula is C28H45Cl2N5O. The van der Waals surface area contributed by atoms with Crippen molar-refractivity contribution >= 4 is 30.7 Å². The average molecular weight is 539 g/mol. The molecule has 2 aliphatic heterocycles. The second-order valence-electron chi connectivity index (χ2n) is 10.3. The summed E-state index contributed by atoms with van der Waals surface area (Å²) in [6.45, 7) is 15.2. The first-order valence-corrected chi connectivity index (χ1v) is 13.3. The summed E-state index contributed by atoms with van der Waals surface area (Å²) in [6.07, 6.45) is 4.01. The molecule has 0 spiro atoms. The molecule has 1 N–H and O–H groups in total. The summed E-state index contributed by atoms with van der Waals surface area (Å²) in [5.41, 5.74) is 4.85. The summed E-state index contributed by atoms with van der Waals surface area (Å²) in [5.74, 6) is 1.72. The van der Waals surface area contributed by atoms with E-state index in [0.717, 1.165) is 57.2 Å². The van der Waals surface area contributed by atoms with E-state index in [1.165, 1.54) is 29.8 Å². The lowest BCUT2D eigenvalue weighted by molar-refractivity contribution is -0.131. The number of benzene rings is 1. The van der Waals surface area contributed by atoms with Crippen molar-refractivity contribution in [1.82, 2.24) is 24.9 Å². The fourth-order valence-corrected chi connectivity index (χ4v) is 6.05. The van der Waals surface area contributed by atoms with Crippen LogP contribution in [0.25, 0.3) is 0 Å². The molecule has 36 heavy (non-hydrogen) atoms. The number of piperidine rings is 2. The van der Waals surface area contributed by atoms with E-state index >= 15 is 0 Å². The van der Waals surface area contributed by atoms with Gasteiger partial charge < -0.3 is 10.2 Å². The molecule has 0 aliphatic carbocycles. The van der Waals surface area contributed by atoms with E-state index in [1.807, 2.05) is 9.58 Å². The monoisotopic (exact) mass is 537 g/mol. The van der Waals surface area contributed by atoms with Crippen LogP contribution in [0.1, 0.15) is 62.0 Å². The van der Waals surface area contributed by atoms with Gasteiger partial charge in [0.25, 0.3) is 0 Å². The molecule has 3 atom stereocenters. The molecule has 1 aromatic carbocycles. The molecule has 0 saturated carbocycles. The molecule has 8 heteroatoms. The van der Waals surface area contributed by atoms with Crippen LogP contribution in [-0.4, -0.2) is 57.7 Å². The lowest BCUT2D eigenvalue weighted by Crippen LogP contribution is -2.55. The molecule has 6 nitrogen and oxygen atoms in total. The van der Waals surface area contributed by atoms with Crippen molar-refractivity contribution in [2.75, 3.05) is 26.2 Å². The van der Waals surface area contributed by atoms with Crippen molar-refractivity contribution in [3.05, 3.63) is 52.8 Å². The number of fused-ring (bicyclic) bond motifs is 2. The third kappa shape index (κ3) is 7.47. The minimum Gasteiger partial charge on any atom is -0.339 e. The molecule has 0 unspecified atom stereocenters. The Kier molecular flexibility index (Phi) is 12.2. The fourth-order valence-electron chi connectivity index (χ4n) is 6.05. The number of nitrogens with one attached hydrogen (secondary N) is 1. The van der Waals surface area contributed by atoms with E-state index in [0.29, 0.717) is 24.9 Å². The van der Waals surface area contributed by atoms with Crippen LogP contribution < -0.4 is 5.32 Å². The van der Waals surface area contributed by atoms with Gasteiger partial charge >= 0.3 is 0 Å². The predicted molar refractivity (Wildman–Crippen MR) is 152 cm³/mol. The Morgan fingerprint density at radius 3 is 2.56 bits per heavy atom. The number of hydrogen-bond donors (Lipinski definition) is 1. The smallest absolute Gasteiger partial charge is 0.222 e. The molecule has 3 heterocycles. The average Bonchev–Trinajstić information content (AvgIpc) is 3.11. The van der Waals surface area contributed by atoms with Gasteiger partial charge in [-0.15, -0.1) is 24.8 Å². The van der Waals surface area contributed by atoms with E-state index in [1.54, 1.807) is 0 Å². The van der Waals surface area contributed by atoms with Crippen molar-refractivity contribution in [3.8, 4) is 0 Å². The van der Waals surface area contributed by atoms with Crippen molar-refractivity contribution in [1.29, 1.82) is 0 Å². The standard InChI is InChI=1S/C28H43N5O.2ClH/c1-5-32(20-26-21(3)30-33(6-2)22(26)4)28(34)14-10-13-27-25-15-24(16-29-27)18-31(19-25)17-23-11-8-7-9-12-23;;/h7-9,11-12,24-25,27,29H,5-6,10,13-20H2,1-4H3;2*1H/t24-,25-,27-;;/m1../s1. The molecule has 2 bridgehead atoms. The Morgan fingerprint density at radius 1 is 1.14 bits per heavy atom. The summed E-state index contributed by atoms with van der Waals surface area (Å²) < 4.78 is 2.04. The molecule has 2 aromatic rings. The highest BCUT2D eigenvalue weighted by atomic mass is 35.5. The number of amides is 1. The van der Waals surface area contributed by atoms with Crippen LogP contribution in [0.2, 0.25) is 0 Å². The van der Waals surface area contributed by atoms with Crippen molar-refractivity contribution < 1.29 is 4.79 Å². The first kappa shape index (κ1) is 30.6. The number of aryl methyl sites for hydroxylation is 2. The minimum absolute atomic E-state index is 0. The van der Waals surface area contributed by atoms with Crippen LogP contribution in [0.5, 0.6) is 0 Å². The number of likely N-dealkylation sites (tertiary alicyclic amines) is 1. The number of rotatable bonds is 10. The number of hydrogen-bond acceptors (Lipinski definition) is 4. The summed E-state index contributed by atoms with van der Waals surface area (Å²) >= 11 is 0. The van der Waals surface area contributed by atoms with Crippen molar-refractivity contribution in [3.63, 3.8) is 0 Å². The number of halogens is 2. The van der Waals surface area contributed by atoms with Crippen molar-refractivity contribution in [2.24, 2.45) is 11.8 Å². The number of carbonyl (C=O) groups is 1. The second-order valence-corrected chi connectivity index (χ2v) is 10.3. The van der Waals surface area contributed by atoms with E-state index in [4.69, 9.17) is 0 Å². The Balaban J connectivity index is 0.00000228. The predicted octanol–water partition coefficient (Wildman–Crippen LogP) is 4.99. The largest absolute Gasteiger partial charge is 0.339 e. The molecule has 2 fully saturated rings. The topological polar surface area (TPSA) is 53.4 Å². The van der Waals surface area contributed by atoms with Crippen LogP contribution in [0.15, 0.2) is 30.3 Å². The summed E-state index contributed by atoms with van der Waals surface area (Å²) in [6, 6.07) is 11.4. The number of carbonyl (C=O) groups excluding carboxylic acids is 1. The third-order valence-corrected chi connectivity index (χ3v) is 7.95. The van der Waals surface area contributed by atoms with Gasteiger partial charge in [-0.05, 0) is 70.9 Å². The SMILES string of the molecule is CCN(Cc1c(C)nn(CC)c1C)C(=O)CCC[C@H]1NC[C@H]2C[C@@H]1CN(Cc1ccccc1)C2.Cl.Cl. The second kappa shape index (κ2) is 14.4. The zero-order chi connectivity index (χ0) is 24.1. The maximum Gasteiger partial charge on any atom is 0.222 e. The molecular weight excluding hydrogens is 493 g/mol. The van der Waals surface area contributed by atoms with Gasteiger partial charge in [-0.3, -0.25) is 14.4 Å². The zero-order valence-corrected chi connectivity index (χ0v) is 24.0. The summed E-state index contributed by atoms with van der Waals surface area (Å²) in [7, 11) is 0. The first-order chi connectivity index (χ1) is 16.5. The highest BCUT2D eigenvalue weighted by molar-refractivity contribution is 5.85. The quantitative estimate of drug-likeness (QED) is 0.463. The molecule has 4 rings (SSSR count). The fraction of sp³-hybridized carbons (Fsp3) is 0.643. The van der Waals surface area contributed by atoms with Crippen LogP contribution in [0.4, 0.5) is 0 Å². The van der Waals surface area contributed by atoms with E-state index in [2.05, 4.69) is 73.3 Å². The third-order valence-electron chi connectivity index (χ3n) is 7.95. The van der Waals surface area contributed by atoms with Gasteiger partial charge in [0.2, 0.25) is 5.91 Å². The Morgan fingerprint density at radius 2 is 1.89 bits per heavy atom. The van der Waals surface area contributed by atoms with Gasteiger partial charge in [-0.2, -0.15) is 5.10 Å². The van der Waals surface area contributed by atoms with Gasteiger partial charge in [-0.1, -0.05) is 30.3 Å². The Bertz CT molecular complexity index is 951. The van der Waals surface area contributed by atoms with Gasteiger partial charge in [-0.25, -0.2) is 0 Å². The highest BCUT2D eigenvalue weighted by Gasteiger charge is 2.36. The highest BCUT2D eigenvalue weighted by Crippen LogP contribution is 2.31. The molecule has 2 aliphatic rings. The zero-order valence-electron chi connectivity index (χ0n) is 22.4. The normalized spacial score (nSPS) is 21.4. The molecule has 0 radical (unpaired) electrons. The Labute approximate surface area is 230 Å². The molecule has 202 valence electrons. The lowest BCUT2D eigenvalue weighted by Gasteiger charge is -2.46. The lowest BCUT2D eigenvalue weighted by atomic mass is 9.79.